The molecule has 0 atom stereocenters. The van der Waals surface area contributed by atoms with Crippen molar-refractivity contribution in [3.8, 4) is 17.1 Å². The molecule has 0 fully saturated rings. The monoisotopic (exact) mass is 276 g/mol. The molecule has 0 saturated heterocycles. The molecule has 1 aromatic carbocycles. The van der Waals surface area contributed by atoms with Crippen LogP contribution in [-0.4, -0.2) is 26.7 Å². The van der Waals surface area contributed by atoms with Crippen molar-refractivity contribution in [1.82, 2.24) is 19.6 Å². The zero-order chi connectivity index (χ0) is 13.4. The van der Waals surface area contributed by atoms with E-state index in [0.29, 0.717) is 22.2 Å². The molecule has 0 spiro atoms. The predicted molar refractivity (Wildman–Crippen MR) is 70.6 cm³/mol. The van der Waals surface area contributed by atoms with Crippen LogP contribution in [-0.2, 0) is 0 Å². The van der Waals surface area contributed by atoms with E-state index in [1.54, 1.807) is 35.9 Å². The van der Waals surface area contributed by atoms with E-state index in [-0.39, 0.29) is 11.2 Å². The van der Waals surface area contributed by atoms with Gasteiger partial charge in [-0.25, -0.2) is 10.1 Å². The van der Waals surface area contributed by atoms with Gasteiger partial charge in [-0.2, -0.15) is 5.10 Å². The van der Waals surface area contributed by atoms with Crippen molar-refractivity contribution < 1.29 is 4.74 Å². The van der Waals surface area contributed by atoms with Gasteiger partial charge in [0.2, 0.25) is 5.65 Å². The Morgan fingerprint density at radius 1 is 1.42 bits per heavy atom. The third-order valence-corrected chi connectivity index (χ3v) is 2.97. The van der Waals surface area contributed by atoms with Gasteiger partial charge in [-0.3, -0.25) is 9.20 Å². The maximum atomic E-state index is 11.6. The molecule has 0 amide bonds. The summed E-state index contributed by atoms with van der Waals surface area (Å²) in [6.07, 6.45) is 3.21. The summed E-state index contributed by atoms with van der Waals surface area (Å²) in [7, 11) is 1.55. The Balaban J connectivity index is 2.33. The van der Waals surface area contributed by atoms with Crippen LogP contribution in [0.15, 0.2) is 35.4 Å². The molecule has 96 valence electrons. The second kappa shape index (κ2) is 4.40. The van der Waals surface area contributed by atoms with Crippen molar-refractivity contribution in [2.24, 2.45) is 0 Å². The Hall–Kier alpha value is -2.34. The first-order chi connectivity index (χ1) is 9.20. The normalized spacial score (nSPS) is 10.8. The number of imidazole rings is 1. The van der Waals surface area contributed by atoms with Crippen LogP contribution in [0.3, 0.4) is 0 Å². The van der Waals surface area contributed by atoms with Gasteiger partial charge < -0.3 is 4.74 Å². The standard InChI is InChI=1S/C12H9ClN4O2/c1-19-9-6-7(13)2-3-8(9)10-15-16-12(18)11-14-4-5-17(10)11/h2-6H,1H3,(H,16,18). The van der Waals surface area contributed by atoms with E-state index in [1.165, 1.54) is 6.20 Å². The van der Waals surface area contributed by atoms with Gasteiger partial charge in [-0.05, 0) is 18.2 Å². The molecule has 3 rings (SSSR count). The van der Waals surface area contributed by atoms with Crippen LogP contribution >= 0.6 is 11.6 Å². The molecule has 3 aromatic rings. The minimum atomic E-state index is -0.346. The zero-order valence-electron chi connectivity index (χ0n) is 9.92. The van der Waals surface area contributed by atoms with E-state index in [0.717, 1.165) is 0 Å². The largest absolute Gasteiger partial charge is 0.496 e. The molecule has 0 aliphatic heterocycles. The Labute approximate surface area is 112 Å². The summed E-state index contributed by atoms with van der Waals surface area (Å²) in [5.41, 5.74) is 0.648. The fourth-order valence-electron chi connectivity index (χ4n) is 1.89. The molecule has 2 heterocycles. The third kappa shape index (κ3) is 1.86. The lowest BCUT2D eigenvalue weighted by Gasteiger charge is -2.09. The second-order valence-electron chi connectivity index (χ2n) is 3.84. The topological polar surface area (TPSA) is 72.3 Å². The van der Waals surface area contributed by atoms with E-state index in [2.05, 4.69) is 15.2 Å². The van der Waals surface area contributed by atoms with E-state index >= 15 is 0 Å². The molecule has 0 aliphatic carbocycles. The average Bonchev–Trinajstić information content (AvgIpc) is 2.90. The number of ether oxygens (including phenoxy) is 1. The maximum absolute atomic E-state index is 11.6. The SMILES string of the molecule is COc1cc(Cl)ccc1-c1n[nH]c(=O)c2nccn12. The van der Waals surface area contributed by atoms with Gasteiger partial charge >= 0.3 is 5.56 Å². The number of aromatic nitrogens is 4. The fraction of sp³-hybridized carbons (Fsp3) is 0.0833. The Kier molecular flexibility index (Phi) is 2.72. The summed E-state index contributed by atoms with van der Waals surface area (Å²) >= 11 is 5.93. The number of fused-ring (bicyclic) bond motifs is 1. The molecule has 0 aliphatic rings. The molecular formula is C12H9ClN4O2. The van der Waals surface area contributed by atoms with Crippen molar-refractivity contribution in [3.05, 3.63) is 46.0 Å². The number of rotatable bonds is 2. The highest BCUT2D eigenvalue weighted by Gasteiger charge is 2.13. The first-order valence-corrected chi connectivity index (χ1v) is 5.84. The number of nitrogens with one attached hydrogen (secondary N) is 1. The molecule has 0 unspecified atom stereocenters. The van der Waals surface area contributed by atoms with Crippen LogP contribution in [0, 0.1) is 0 Å². The van der Waals surface area contributed by atoms with Gasteiger partial charge in [0.15, 0.2) is 5.82 Å². The van der Waals surface area contributed by atoms with E-state index in [4.69, 9.17) is 16.3 Å². The van der Waals surface area contributed by atoms with E-state index < -0.39 is 0 Å². The third-order valence-electron chi connectivity index (χ3n) is 2.74. The van der Waals surface area contributed by atoms with Gasteiger partial charge in [0.25, 0.3) is 0 Å². The van der Waals surface area contributed by atoms with Crippen molar-refractivity contribution in [2.45, 2.75) is 0 Å². The first kappa shape index (κ1) is 11.7. The number of nitrogens with zero attached hydrogens (tertiary/aromatic N) is 3. The molecule has 0 saturated carbocycles. The minimum absolute atomic E-state index is 0.280. The summed E-state index contributed by atoms with van der Waals surface area (Å²) in [6.45, 7) is 0. The van der Waals surface area contributed by atoms with Crippen LogP contribution in [0.1, 0.15) is 0 Å². The van der Waals surface area contributed by atoms with Gasteiger partial charge in [-0.15, -0.1) is 0 Å². The van der Waals surface area contributed by atoms with Crippen LogP contribution in [0.2, 0.25) is 5.02 Å². The second-order valence-corrected chi connectivity index (χ2v) is 4.28. The minimum Gasteiger partial charge on any atom is -0.496 e. The molecule has 19 heavy (non-hydrogen) atoms. The number of hydrogen-bond donors (Lipinski definition) is 1. The van der Waals surface area contributed by atoms with E-state index in [9.17, 15) is 4.79 Å². The lowest BCUT2D eigenvalue weighted by atomic mass is 10.2. The number of methoxy groups -OCH3 is 1. The lowest BCUT2D eigenvalue weighted by Crippen LogP contribution is -2.14. The van der Waals surface area contributed by atoms with Gasteiger partial charge in [-0.1, -0.05) is 11.6 Å². The first-order valence-electron chi connectivity index (χ1n) is 5.46. The van der Waals surface area contributed by atoms with Gasteiger partial charge in [0, 0.05) is 17.4 Å². The number of benzene rings is 1. The number of halogens is 1. The number of aromatic amines is 1. The molecule has 1 N–H and O–H groups in total. The Morgan fingerprint density at radius 2 is 2.26 bits per heavy atom. The zero-order valence-corrected chi connectivity index (χ0v) is 10.7. The number of hydrogen-bond acceptors (Lipinski definition) is 4. The molecule has 2 aromatic heterocycles. The molecule has 6 nitrogen and oxygen atoms in total. The molecule has 7 heteroatoms. The van der Waals surface area contributed by atoms with Gasteiger partial charge in [0.1, 0.15) is 5.75 Å². The fourth-order valence-corrected chi connectivity index (χ4v) is 2.05. The highest BCUT2D eigenvalue weighted by molar-refractivity contribution is 6.30. The average molecular weight is 277 g/mol. The van der Waals surface area contributed by atoms with Gasteiger partial charge in [0.05, 0.1) is 12.7 Å². The van der Waals surface area contributed by atoms with Crippen molar-refractivity contribution in [1.29, 1.82) is 0 Å². The summed E-state index contributed by atoms with van der Waals surface area (Å²) in [6, 6.07) is 5.20. The summed E-state index contributed by atoms with van der Waals surface area (Å²) in [5, 5.41) is 7.03. The van der Waals surface area contributed by atoms with Crippen LogP contribution in [0.4, 0.5) is 0 Å². The predicted octanol–water partition coefficient (Wildman–Crippen LogP) is 1.75. The summed E-state index contributed by atoms with van der Waals surface area (Å²) in [5.74, 6) is 1.10. The molecule has 0 radical (unpaired) electrons. The Morgan fingerprint density at radius 3 is 3.05 bits per heavy atom. The number of H-pyrrole nitrogens is 1. The summed E-state index contributed by atoms with van der Waals surface area (Å²) < 4.78 is 6.89. The highest BCUT2D eigenvalue weighted by Crippen LogP contribution is 2.30. The maximum Gasteiger partial charge on any atom is 0.307 e. The van der Waals surface area contributed by atoms with Crippen molar-refractivity contribution >= 4 is 17.2 Å². The summed E-state index contributed by atoms with van der Waals surface area (Å²) in [4.78, 5) is 15.6. The van der Waals surface area contributed by atoms with Crippen LogP contribution < -0.4 is 10.3 Å². The molecule has 0 bridgehead atoms. The lowest BCUT2D eigenvalue weighted by molar-refractivity contribution is 0.416. The quantitative estimate of drug-likeness (QED) is 0.774. The van der Waals surface area contributed by atoms with E-state index in [1.807, 2.05) is 0 Å². The molecular weight excluding hydrogens is 268 g/mol. The van der Waals surface area contributed by atoms with Crippen molar-refractivity contribution in [3.63, 3.8) is 0 Å². The van der Waals surface area contributed by atoms with Crippen molar-refractivity contribution in [2.75, 3.05) is 7.11 Å². The Bertz CT molecular complexity index is 809. The van der Waals surface area contributed by atoms with Crippen LogP contribution in [0.25, 0.3) is 17.0 Å². The highest BCUT2D eigenvalue weighted by atomic mass is 35.5. The smallest absolute Gasteiger partial charge is 0.307 e. The van der Waals surface area contributed by atoms with Crippen LogP contribution in [0.5, 0.6) is 5.75 Å².